The lowest BCUT2D eigenvalue weighted by Crippen LogP contribution is -2.60. The highest BCUT2D eigenvalue weighted by molar-refractivity contribution is 5.76. The fourth-order valence-electron chi connectivity index (χ4n) is 11.7. The van der Waals surface area contributed by atoms with Crippen molar-refractivity contribution in [2.45, 2.75) is 410 Å². The van der Waals surface area contributed by atoms with Gasteiger partial charge < -0.3 is 40.3 Å². The smallest absolute Gasteiger partial charge is 0.220 e. The van der Waals surface area contributed by atoms with Gasteiger partial charge in [-0.05, 0) is 44.9 Å². The zero-order valence-corrected chi connectivity index (χ0v) is 53.1. The molecule has 0 spiro atoms. The first-order valence-electron chi connectivity index (χ1n) is 35.6. The van der Waals surface area contributed by atoms with Crippen molar-refractivity contribution in [3.8, 4) is 0 Å². The summed E-state index contributed by atoms with van der Waals surface area (Å²) in [6.45, 7) is 3.84. The Labute approximate surface area is 496 Å². The molecule has 0 aliphatic carbocycles. The first-order chi connectivity index (χ1) is 39.3. The van der Waals surface area contributed by atoms with Gasteiger partial charge in [-0.15, -0.1) is 0 Å². The topological polar surface area (TPSA) is 149 Å². The maximum atomic E-state index is 13.1. The highest BCUT2D eigenvalue weighted by Gasteiger charge is 2.44. The molecule has 9 heteroatoms. The second-order valence-electron chi connectivity index (χ2n) is 25.0. The summed E-state index contributed by atoms with van der Waals surface area (Å²) < 4.78 is 11.3. The van der Waals surface area contributed by atoms with Crippen LogP contribution in [0, 0.1) is 0 Å². The van der Waals surface area contributed by atoms with Gasteiger partial charge in [0, 0.05) is 6.42 Å². The summed E-state index contributed by atoms with van der Waals surface area (Å²) in [6, 6.07) is -0.805. The number of unbranched alkanes of at least 4 members (excludes halogenated alkanes) is 51. The highest BCUT2D eigenvalue weighted by atomic mass is 16.7. The van der Waals surface area contributed by atoms with Crippen LogP contribution in [0.1, 0.15) is 367 Å². The third-order valence-corrected chi connectivity index (χ3v) is 17.3. The van der Waals surface area contributed by atoms with Crippen molar-refractivity contribution >= 4 is 5.91 Å². The van der Waals surface area contributed by atoms with Gasteiger partial charge in [0.25, 0.3) is 0 Å². The molecule has 0 saturated carbocycles. The van der Waals surface area contributed by atoms with Gasteiger partial charge in [0.05, 0.1) is 25.4 Å². The second-order valence-corrected chi connectivity index (χ2v) is 25.0. The fraction of sp³-hybridized carbons (Fsp3) is 0.930. The molecule has 1 amide bonds. The third kappa shape index (κ3) is 49.0. The normalized spacial score (nSPS) is 18.5. The summed E-state index contributed by atoms with van der Waals surface area (Å²) in [5.41, 5.74) is 0. The molecule has 0 aromatic heterocycles. The summed E-state index contributed by atoms with van der Waals surface area (Å²) in [7, 11) is 0. The van der Waals surface area contributed by atoms with E-state index < -0.39 is 49.5 Å². The Balaban J connectivity index is 2.12. The molecule has 1 heterocycles. The van der Waals surface area contributed by atoms with Gasteiger partial charge in [-0.1, -0.05) is 340 Å². The minimum Gasteiger partial charge on any atom is -0.394 e. The molecule has 1 aliphatic heterocycles. The van der Waals surface area contributed by atoms with E-state index in [2.05, 4.69) is 31.3 Å². The lowest BCUT2D eigenvalue weighted by atomic mass is 9.99. The molecular weight excluding hydrogens is 995 g/mol. The predicted octanol–water partition coefficient (Wildman–Crippen LogP) is 19.3. The highest BCUT2D eigenvalue weighted by Crippen LogP contribution is 2.24. The van der Waals surface area contributed by atoms with E-state index in [9.17, 15) is 30.3 Å². The molecule has 0 radical (unpaired) electrons. The molecule has 1 saturated heterocycles. The molecule has 6 N–H and O–H groups in total. The van der Waals surface area contributed by atoms with Gasteiger partial charge in [0.2, 0.25) is 5.91 Å². The predicted molar refractivity (Wildman–Crippen MR) is 341 cm³/mol. The molecule has 9 nitrogen and oxygen atoms in total. The molecule has 1 aliphatic rings. The molecule has 1 rings (SSSR count). The number of rotatable bonds is 63. The van der Waals surface area contributed by atoms with Crippen molar-refractivity contribution in [2.24, 2.45) is 0 Å². The monoisotopic (exact) mass is 1130 g/mol. The number of nitrogens with one attached hydrogen (secondary N) is 1. The van der Waals surface area contributed by atoms with Crippen LogP contribution in [0.25, 0.3) is 0 Å². The quantitative estimate of drug-likeness (QED) is 0.0261. The Bertz CT molecular complexity index is 1310. The van der Waals surface area contributed by atoms with Crippen LogP contribution in [0.4, 0.5) is 0 Å². The van der Waals surface area contributed by atoms with Crippen molar-refractivity contribution in [1.29, 1.82) is 0 Å². The summed E-state index contributed by atoms with van der Waals surface area (Å²) in [5, 5.41) is 54.8. The molecule has 1 fully saturated rings. The standard InChI is InChI=1S/C71H137NO8/c1-3-5-7-9-11-13-15-17-19-21-23-25-27-29-30-31-32-33-34-35-37-38-40-42-44-46-48-50-52-54-56-58-60-65(74)64(63-79-71-70(78)69(77)68(76)66(62-73)80-71)72-67(75)61-59-57-55-53-51-49-47-45-43-41-39-36-28-26-24-22-20-18-16-14-12-10-8-6-4-2/h22,24,58,60,64-66,68-71,73-74,76-78H,3-21,23,25-57,59,61-63H2,1-2H3,(H,72,75)/b24-22-,60-58+. The lowest BCUT2D eigenvalue weighted by molar-refractivity contribution is -0.302. The first-order valence-corrected chi connectivity index (χ1v) is 35.6. The van der Waals surface area contributed by atoms with Crippen LogP contribution in [0.2, 0.25) is 0 Å². The molecule has 7 unspecified atom stereocenters. The van der Waals surface area contributed by atoms with Crippen LogP contribution in [-0.4, -0.2) is 87.5 Å². The van der Waals surface area contributed by atoms with Crippen LogP contribution in [0.15, 0.2) is 24.3 Å². The average Bonchev–Trinajstić information content (AvgIpc) is 3.46. The number of amides is 1. The van der Waals surface area contributed by atoms with E-state index in [1.165, 1.54) is 308 Å². The zero-order valence-electron chi connectivity index (χ0n) is 53.1. The lowest BCUT2D eigenvalue weighted by Gasteiger charge is -2.40. The van der Waals surface area contributed by atoms with Crippen LogP contribution in [-0.2, 0) is 14.3 Å². The van der Waals surface area contributed by atoms with Crippen molar-refractivity contribution in [3.63, 3.8) is 0 Å². The van der Waals surface area contributed by atoms with Gasteiger partial charge in [-0.25, -0.2) is 0 Å². The van der Waals surface area contributed by atoms with Crippen molar-refractivity contribution in [3.05, 3.63) is 24.3 Å². The largest absolute Gasteiger partial charge is 0.394 e. The van der Waals surface area contributed by atoms with Crippen molar-refractivity contribution in [2.75, 3.05) is 13.2 Å². The Morgan fingerprint density at radius 1 is 0.412 bits per heavy atom. The Morgan fingerprint density at radius 2 is 0.700 bits per heavy atom. The summed E-state index contributed by atoms with van der Waals surface area (Å²) >= 11 is 0. The van der Waals surface area contributed by atoms with Gasteiger partial charge in [-0.3, -0.25) is 4.79 Å². The fourth-order valence-corrected chi connectivity index (χ4v) is 11.7. The first kappa shape index (κ1) is 76.7. The number of carbonyl (C=O) groups excluding carboxylic acids is 1. The van der Waals surface area contributed by atoms with E-state index in [0.29, 0.717) is 6.42 Å². The summed E-state index contributed by atoms with van der Waals surface area (Å²) in [5.74, 6) is -0.170. The average molecular weight is 1130 g/mol. The van der Waals surface area contributed by atoms with E-state index in [1.807, 2.05) is 6.08 Å². The molecule has 7 atom stereocenters. The number of carbonyl (C=O) groups is 1. The van der Waals surface area contributed by atoms with Gasteiger partial charge in [-0.2, -0.15) is 0 Å². The second kappa shape index (κ2) is 60.8. The maximum absolute atomic E-state index is 13.1. The van der Waals surface area contributed by atoms with E-state index >= 15 is 0 Å². The van der Waals surface area contributed by atoms with Gasteiger partial charge >= 0.3 is 0 Å². The summed E-state index contributed by atoms with van der Waals surface area (Å²) in [4.78, 5) is 13.1. The van der Waals surface area contributed by atoms with Crippen LogP contribution >= 0.6 is 0 Å². The zero-order chi connectivity index (χ0) is 57.9. The van der Waals surface area contributed by atoms with Crippen LogP contribution < -0.4 is 5.32 Å². The van der Waals surface area contributed by atoms with Gasteiger partial charge in [0.1, 0.15) is 24.4 Å². The van der Waals surface area contributed by atoms with E-state index in [1.54, 1.807) is 6.08 Å². The van der Waals surface area contributed by atoms with Gasteiger partial charge in [0.15, 0.2) is 6.29 Å². The molecule has 0 bridgehead atoms. The van der Waals surface area contributed by atoms with Crippen molar-refractivity contribution in [1.82, 2.24) is 5.32 Å². The summed E-state index contributed by atoms with van der Waals surface area (Å²) in [6.07, 6.45) is 72.9. The van der Waals surface area contributed by atoms with E-state index in [-0.39, 0.29) is 12.5 Å². The van der Waals surface area contributed by atoms with E-state index in [0.717, 1.165) is 38.5 Å². The van der Waals surface area contributed by atoms with Crippen molar-refractivity contribution < 1.29 is 39.8 Å². The molecule has 474 valence electrons. The number of hydrogen-bond donors (Lipinski definition) is 6. The number of allylic oxidation sites excluding steroid dienone is 3. The maximum Gasteiger partial charge on any atom is 0.220 e. The molecule has 0 aromatic rings. The third-order valence-electron chi connectivity index (χ3n) is 17.3. The Morgan fingerprint density at radius 3 is 1.01 bits per heavy atom. The molecule has 0 aromatic carbocycles. The minimum absolute atomic E-state index is 0.170. The molecular formula is C71H137NO8. The SMILES string of the molecule is CCCCCCCCCC/C=C\CCCCCCCCCCCCCCCC(=O)NC(COC1OC(CO)C(O)C(O)C1O)C(O)/C=C/CCCCCCCCCCCCCCCCCCCCCCCCCCCCCCCC. The van der Waals surface area contributed by atoms with E-state index in [4.69, 9.17) is 9.47 Å². The number of aliphatic hydroxyl groups excluding tert-OH is 5. The molecule has 80 heavy (non-hydrogen) atoms. The number of ether oxygens (including phenoxy) is 2. The number of aliphatic hydroxyl groups is 5. The Hall–Kier alpha value is -1.33. The Kier molecular flexibility index (Phi) is 58.3. The van der Waals surface area contributed by atoms with Crippen LogP contribution in [0.5, 0.6) is 0 Å². The minimum atomic E-state index is -1.57. The number of hydrogen-bond acceptors (Lipinski definition) is 8. The van der Waals surface area contributed by atoms with Crippen LogP contribution in [0.3, 0.4) is 0 Å².